The molecule has 6 heteroatoms. The molecule has 0 spiro atoms. The van der Waals surface area contributed by atoms with Crippen molar-refractivity contribution in [3.8, 4) is 0 Å². The maximum absolute atomic E-state index is 11.4. The molecule has 0 amide bonds. The summed E-state index contributed by atoms with van der Waals surface area (Å²) >= 11 is 0. The molecule has 1 N–H and O–H groups in total. The standard InChI is InChI=1S/C8H13NO4S/c1-2-14(12,13)9-5-3-7(4-6-9)8(10)11/h3H,2,4-6H2,1H3,(H,10,11). The van der Waals surface area contributed by atoms with Crippen LogP contribution in [0.15, 0.2) is 11.6 Å². The van der Waals surface area contributed by atoms with Gasteiger partial charge in [0.05, 0.1) is 5.75 Å². The maximum Gasteiger partial charge on any atom is 0.331 e. The van der Waals surface area contributed by atoms with Gasteiger partial charge in [0.15, 0.2) is 0 Å². The van der Waals surface area contributed by atoms with Crippen molar-refractivity contribution in [1.82, 2.24) is 4.31 Å². The highest BCUT2D eigenvalue weighted by Gasteiger charge is 2.23. The Kier molecular flexibility index (Phi) is 3.28. The highest BCUT2D eigenvalue weighted by Crippen LogP contribution is 2.14. The number of carbonyl (C=O) groups is 1. The van der Waals surface area contributed by atoms with Crippen LogP contribution in [0.5, 0.6) is 0 Å². The van der Waals surface area contributed by atoms with Crippen molar-refractivity contribution < 1.29 is 18.3 Å². The summed E-state index contributed by atoms with van der Waals surface area (Å²) in [5, 5.41) is 8.65. The molecule has 0 aliphatic carbocycles. The lowest BCUT2D eigenvalue weighted by Gasteiger charge is -2.23. The first-order valence-electron chi connectivity index (χ1n) is 4.37. The summed E-state index contributed by atoms with van der Waals surface area (Å²) in [7, 11) is -3.17. The molecule has 0 aromatic carbocycles. The number of hydrogen-bond acceptors (Lipinski definition) is 3. The molecule has 0 fully saturated rings. The van der Waals surface area contributed by atoms with Gasteiger partial charge in [-0.3, -0.25) is 0 Å². The highest BCUT2D eigenvalue weighted by atomic mass is 32.2. The van der Waals surface area contributed by atoms with Crippen molar-refractivity contribution in [2.75, 3.05) is 18.8 Å². The van der Waals surface area contributed by atoms with E-state index in [0.717, 1.165) is 0 Å². The molecule has 0 aromatic rings. The molecule has 0 atom stereocenters. The van der Waals surface area contributed by atoms with Gasteiger partial charge in [0.1, 0.15) is 0 Å². The van der Waals surface area contributed by atoms with Crippen LogP contribution in [0, 0.1) is 0 Å². The van der Waals surface area contributed by atoms with Gasteiger partial charge in [0.25, 0.3) is 0 Å². The molecule has 1 rings (SSSR count). The summed E-state index contributed by atoms with van der Waals surface area (Å²) in [5.41, 5.74) is 0.299. The van der Waals surface area contributed by atoms with Crippen molar-refractivity contribution in [1.29, 1.82) is 0 Å². The molecule has 0 saturated heterocycles. The Labute approximate surface area is 83.1 Å². The Morgan fingerprint density at radius 2 is 2.29 bits per heavy atom. The van der Waals surface area contributed by atoms with E-state index in [4.69, 9.17) is 5.11 Å². The minimum Gasteiger partial charge on any atom is -0.478 e. The van der Waals surface area contributed by atoms with Crippen molar-refractivity contribution >= 4 is 16.0 Å². The molecule has 0 bridgehead atoms. The number of carboxylic acid groups (broad SMARTS) is 1. The molecule has 80 valence electrons. The Hall–Kier alpha value is -0.880. The minimum absolute atomic E-state index is 0.0588. The normalized spacial score (nSPS) is 19.1. The summed E-state index contributed by atoms with van der Waals surface area (Å²) < 4.78 is 24.1. The van der Waals surface area contributed by atoms with Crippen molar-refractivity contribution in [3.63, 3.8) is 0 Å². The van der Waals surface area contributed by atoms with Gasteiger partial charge in [-0.05, 0) is 13.3 Å². The van der Waals surface area contributed by atoms with Gasteiger partial charge in [0, 0.05) is 18.7 Å². The van der Waals surface area contributed by atoms with Gasteiger partial charge in [-0.15, -0.1) is 0 Å². The molecule has 0 saturated carbocycles. The third-order valence-electron chi connectivity index (χ3n) is 2.20. The molecule has 1 heterocycles. The second kappa shape index (κ2) is 4.10. The summed E-state index contributed by atoms with van der Waals surface area (Å²) in [5.74, 6) is -0.901. The van der Waals surface area contributed by atoms with Gasteiger partial charge in [-0.1, -0.05) is 6.08 Å². The van der Waals surface area contributed by atoms with Crippen LogP contribution in [-0.2, 0) is 14.8 Å². The fourth-order valence-corrected chi connectivity index (χ4v) is 2.32. The predicted molar refractivity (Wildman–Crippen MR) is 51.4 cm³/mol. The Bertz CT molecular complexity index is 358. The minimum atomic E-state index is -3.17. The second-order valence-electron chi connectivity index (χ2n) is 3.04. The van der Waals surface area contributed by atoms with Gasteiger partial charge < -0.3 is 5.11 Å². The lowest BCUT2D eigenvalue weighted by atomic mass is 10.1. The fraction of sp³-hybridized carbons (Fsp3) is 0.625. The monoisotopic (exact) mass is 219 g/mol. The van der Waals surface area contributed by atoms with E-state index in [1.807, 2.05) is 0 Å². The largest absolute Gasteiger partial charge is 0.478 e. The van der Waals surface area contributed by atoms with E-state index in [2.05, 4.69) is 0 Å². The molecular weight excluding hydrogens is 206 g/mol. The SMILES string of the molecule is CCS(=O)(=O)N1CC=C(C(=O)O)CC1. The summed E-state index contributed by atoms with van der Waals surface area (Å²) in [6.45, 7) is 2.03. The van der Waals surface area contributed by atoms with E-state index >= 15 is 0 Å². The van der Waals surface area contributed by atoms with E-state index in [1.54, 1.807) is 6.92 Å². The molecule has 5 nitrogen and oxygen atoms in total. The van der Waals surface area contributed by atoms with Crippen LogP contribution >= 0.6 is 0 Å². The van der Waals surface area contributed by atoms with Gasteiger partial charge in [0.2, 0.25) is 10.0 Å². The topological polar surface area (TPSA) is 74.7 Å². The zero-order valence-electron chi connectivity index (χ0n) is 7.93. The van der Waals surface area contributed by atoms with Gasteiger partial charge >= 0.3 is 5.97 Å². The number of hydrogen-bond donors (Lipinski definition) is 1. The van der Waals surface area contributed by atoms with E-state index in [1.165, 1.54) is 10.4 Å². The van der Waals surface area contributed by atoms with Gasteiger partial charge in [-0.2, -0.15) is 4.31 Å². The fourth-order valence-electron chi connectivity index (χ4n) is 1.28. The first-order chi connectivity index (χ1) is 6.47. The third kappa shape index (κ3) is 2.33. The van der Waals surface area contributed by atoms with Crippen LogP contribution in [0.2, 0.25) is 0 Å². The number of rotatable bonds is 3. The van der Waals surface area contributed by atoms with Crippen LogP contribution in [-0.4, -0.2) is 42.6 Å². The second-order valence-corrected chi connectivity index (χ2v) is 5.30. The number of sulfonamides is 1. The van der Waals surface area contributed by atoms with Crippen LogP contribution in [0.4, 0.5) is 0 Å². The smallest absolute Gasteiger partial charge is 0.331 e. The number of nitrogens with zero attached hydrogens (tertiary/aromatic N) is 1. The summed E-state index contributed by atoms with van der Waals surface area (Å²) in [4.78, 5) is 10.5. The molecular formula is C8H13NO4S. The Morgan fingerprint density at radius 1 is 1.64 bits per heavy atom. The quantitative estimate of drug-likeness (QED) is 0.728. The number of aliphatic carboxylic acids is 1. The summed E-state index contributed by atoms with van der Waals surface area (Å²) in [6, 6.07) is 0. The van der Waals surface area contributed by atoms with E-state index in [0.29, 0.717) is 5.57 Å². The average molecular weight is 219 g/mol. The third-order valence-corrected chi connectivity index (χ3v) is 4.05. The lowest BCUT2D eigenvalue weighted by Crippen LogP contribution is -2.36. The van der Waals surface area contributed by atoms with E-state index in [-0.39, 0.29) is 25.3 Å². The Balaban J connectivity index is 2.73. The average Bonchev–Trinajstić information content (AvgIpc) is 2.18. The number of carboxylic acids is 1. The zero-order chi connectivity index (χ0) is 10.8. The van der Waals surface area contributed by atoms with Crippen LogP contribution < -0.4 is 0 Å². The van der Waals surface area contributed by atoms with E-state index < -0.39 is 16.0 Å². The molecule has 1 aliphatic heterocycles. The zero-order valence-corrected chi connectivity index (χ0v) is 8.75. The maximum atomic E-state index is 11.4. The molecule has 0 unspecified atom stereocenters. The van der Waals surface area contributed by atoms with Crippen molar-refractivity contribution in [2.45, 2.75) is 13.3 Å². The first kappa shape index (κ1) is 11.2. The van der Waals surface area contributed by atoms with Crippen molar-refractivity contribution in [2.24, 2.45) is 0 Å². The molecule has 0 radical (unpaired) electrons. The van der Waals surface area contributed by atoms with Gasteiger partial charge in [-0.25, -0.2) is 13.2 Å². The van der Waals surface area contributed by atoms with Crippen LogP contribution in [0.25, 0.3) is 0 Å². The van der Waals surface area contributed by atoms with E-state index in [9.17, 15) is 13.2 Å². The molecule has 0 aromatic heterocycles. The lowest BCUT2D eigenvalue weighted by molar-refractivity contribution is -0.132. The summed E-state index contributed by atoms with van der Waals surface area (Å²) in [6.07, 6.45) is 1.74. The first-order valence-corrected chi connectivity index (χ1v) is 5.98. The molecule has 14 heavy (non-hydrogen) atoms. The Morgan fingerprint density at radius 3 is 2.64 bits per heavy atom. The van der Waals surface area contributed by atoms with Crippen LogP contribution in [0.3, 0.4) is 0 Å². The predicted octanol–water partition coefficient (Wildman–Crippen LogP) is 0.0528. The molecule has 1 aliphatic rings. The van der Waals surface area contributed by atoms with Crippen LogP contribution in [0.1, 0.15) is 13.3 Å². The van der Waals surface area contributed by atoms with Crippen molar-refractivity contribution in [3.05, 3.63) is 11.6 Å². The highest BCUT2D eigenvalue weighted by molar-refractivity contribution is 7.89.